The first kappa shape index (κ1) is 25.8. The topological polar surface area (TPSA) is 55.4 Å². The van der Waals surface area contributed by atoms with E-state index in [1.807, 2.05) is 13.8 Å². The molecule has 0 spiro atoms. The number of hydrogen-bond acceptors (Lipinski definition) is 6. The maximum atomic E-state index is 5.58. The maximum Gasteiger partial charge on any atom is 0.154 e. The van der Waals surface area contributed by atoms with Crippen molar-refractivity contribution in [3.05, 3.63) is 0 Å². The Morgan fingerprint density at radius 1 is 0.607 bits per heavy atom. The van der Waals surface area contributed by atoms with Crippen LogP contribution >= 0.6 is 0 Å². The lowest BCUT2D eigenvalue weighted by Gasteiger charge is -2.45. The molecule has 2 aliphatic rings. The minimum absolute atomic E-state index is 0.00125. The van der Waals surface area contributed by atoms with E-state index in [4.69, 9.17) is 28.4 Å². The summed E-state index contributed by atoms with van der Waals surface area (Å²) < 4.78 is 33.2. The van der Waals surface area contributed by atoms with Gasteiger partial charge in [0.05, 0.1) is 38.6 Å². The van der Waals surface area contributed by atoms with Crippen molar-refractivity contribution in [3.8, 4) is 0 Å². The van der Waals surface area contributed by atoms with E-state index in [-0.39, 0.29) is 35.6 Å². The summed E-state index contributed by atoms with van der Waals surface area (Å²) in [7, 11) is 3.49. The van der Waals surface area contributed by atoms with Crippen LogP contribution in [0.2, 0.25) is 0 Å². The molecule has 2 atom stereocenters. The fourth-order valence-corrected chi connectivity index (χ4v) is 3.81. The molecule has 0 amide bonds. The molecule has 2 fully saturated rings. The van der Waals surface area contributed by atoms with E-state index < -0.39 is 0 Å². The standard InChI is InChI=1S/2C11H22O3/c2*1-8(2)11(9(3)12-5)6-13-10(4)14-7-11/h2*8-10H,6-7H2,1-5H3. The molecule has 0 aliphatic carbocycles. The Morgan fingerprint density at radius 3 is 1.04 bits per heavy atom. The molecule has 6 nitrogen and oxygen atoms in total. The van der Waals surface area contributed by atoms with Crippen LogP contribution in [0.3, 0.4) is 0 Å². The van der Waals surface area contributed by atoms with Crippen LogP contribution in [0.5, 0.6) is 0 Å². The Hall–Kier alpha value is -0.240. The Kier molecular flexibility index (Phi) is 10.3. The molecule has 0 aromatic carbocycles. The van der Waals surface area contributed by atoms with Crippen LogP contribution in [0.1, 0.15) is 55.4 Å². The van der Waals surface area contributed by atoms with Crippen LogP contribution in [0.4, 0.5) is 0 Å². The molecular formula is C22H44O6. The van der Waals surface area contributed by atoms with E-state index in [1.165, 1.54) is 0 Å². The van der Waals surface area contributed by atoms with E-state index in [0.717, 1.165) is 26.4 Å². The van der Waals surface area contributed by atoms with Crippen molar-refractivity contribution in [2.24, 2.45) is 22.7 Å². The highest BCUT2D eigenvalue weighted by Crippen LogP contribution is 2.38. The average Bonchev–Trinajstić information content (AvgIpc) is 2.68. The molecule has 168 valence electrons. The van der Waals surface area contributed by atoms with Crippen LogP contribution in [0.15, 0.2) is 0 Å². The summed E-state index contributed by atoms with van der Waals surface area (Å²) in [6.45, 7) is 19.7. The van der Waals surface area contributed by atoms with Gasteiger partial charge in [0.1, 0.15) is 0 Å². The Morgan fingerprint density at radius 2 is 0.857 bits per heavy atom. The largest absolute Gasteiger partial charge is 0.381 e. The highest BCUT2D eigenvalue weighted by molar-refractivity contribution is 4.90. The maximum absolute atomic E-state index is 5.58. The third-order valence-corrected chi connectivity index (χ3v) is 6.97. The van der Waals surface area contributed by atoms with Gasteiger partial charge in [0.25, 0.3) is 0 Å². The Bertz CT molecular complexity index is 383. The number of hydrogen-bond donors (Lipinski definition) is 0. The van der Waals surface area contributed by atoms with Gasteiger partial charge in [-0.25, -0.2) is 0 Å². The third kappa shape index (κ3) is 5.89. The van der Waals surface area contributed by atoms with Crippen molar-refractivity contribution in [2.45, 2.75) is 80.2 Å². The second kappa shape index (κ2) is 11.2. The van der Waals surface area contributed by atoms with Crippen LogP contribution in [-0.4, -0.2) is 65.4 Å². The van der Waals surface area contributed by atoms with Crippen molar-refractivity contribution in [3.63, 3.8) is 0 Å². The minimum atomic E-state index is -0.0778. The predicted octanol–water partition coefficient (Wildman–Crippen LogP) is 4.11. The lowest BCUT2D eigenvalue weighted by Crippen LogP contribution is -2.51. The van der Waals surface area contributed by atoms with Crippen LogP contribution in [0, 0.1) is 22.7 Å². The van der Waals surface area contributed by atoms with Gasteiger partial charge in [-0.15, -0.1) is 0 Å². The molecule has 0 aromatic heterocycles. The second-order valence-electron chi connectivity index (χ2n) is 8.91. The van der Waals surface area contributed by atoms with E-state index in [1.54, 1.807) is 14.2 Å². The Balaban J connectivity index is 0.000000280. The molecule has 2 unspecified atom stereocenters. The zero-order valence-corrected chi connectivity index (χ0v) is 19.7. The van der Waals surface area contributed by atoms with Gasteiger partial charge in [0.15, 0.2) is 12.6 Å². The second-order valence-corrected chi connectivity index (χ2v) is 8.91. The molecule has 2 rings (SSSR count). The summed E-state index contributed by atoms with van der Waals surface area (Å²) in [5.41, 5.74) is 0.00250. The van der Waals surface area contributed by atoms with Gasteiger partial charge in [-0.3, -0.25) is 0 Å². The van der Waals surface area contributed by atoms with Gasteiger partial charge in [-0.2, -0.15) is 0 Å². The zero-order valence-electron chi connectivity index (χ0n) is 19.7. The molecule has 0 saturated carbocycles. The van der Waals surface area contributed by atoms with Crippen LogP contribution in [-0.2, 0) is 28.4 Å². The monoisotopic (exact) mass is 404 g/mol. The summed E-state index contributed by atoms with van der Waals surface area (Å²) in [5, 5.41) is 0. The summed E-state index contributed by atoms with van der Waals surface area (Å²) >= 11 is 0. The summed E-state index contributed by atoms with van der Waals surface area (Å²) in [6.07, 6.45) is 0.168. The molecule has 2 heterocycles. The first-order chi connectivity index (χ1) is 13.1. The highest BCUT2D eigenvalue weighted by atomic mass is 16.7. The molecule has 0 N–H and O–H groups in total. The molecule has 6 heteroatoms. The smallest absolute Gasteiger partial charge is 0.154 e. The first-order valence-corrected chi connectivity index (χ1v) is 10.6. The van der Waals surface area contributed by atoms with Crippen molar-refractivity contribution < 1.29 is 28.4 Å². The van der Waals surface area contributed by atoms with Crippen molar-refractivity contribution in [2.75, 3.05) is 40.6 Å². The number of rotatable bonds is 6. The normalized spacial score (nSPS) is 36.0. The third-order valence-electron chi connectivity index (χ3n) is 6.97. The molecule has 0 radical (unpaired) electrons. The van der Waals surface area contributed by atoms with Gasteiger partial charge in [0, 0.05) is 25.0 Å². The molecule has 0 aromatic rings. The van der Waals surface area contributed by atoms with Crippen molar-refractivity contribution >= 4 is 0 Å². The predicted molar refractivity (Wildman–Crippen MR) is 110 cm³/mol. The summed E-state index contributed by atoms with van der Waals surface area (Å²) in [5.74, 6) is 0.981. The van der Waals surface area contributed by atoms with E-state index in [9.17, 15) is 0 Å². The minimum Gasteiger partial charge on any atom is -0.381 e. The van der Waals surface area contributed by atoms with Crippen LogP contribution in [0.25, 0.3) is 0 Å². The molecule has 2 aliphatic heterocycles. The van der Waals surface area contributed by atoms with E-state index in [0.29, 0.717) is 11.8 Å². The Labute approximate surface area is 172 Å². The SMILES string of the molecule is COC(C)C1(C(C)C)COC(C)OC1.COC(C)C1(C(C)C)COC(C)OC1. The molecule has 28 heavy (non-hydrogen) atoms. The average molecular weight is 405 g/mol. The van der Waals surface area contributed by atoms with Gasteiger partial charge in [0.2, 0.25) is 0 Å². The van der Waals surface area contributed by atoms with Crippen molar-refractivity contribution in [1.29, 1.82) is 0 Å². The van der Waals surface area contributed by atoms with E-state index >= 15 is 0 Å². The fraction of sp³-hybridized carbons (Fsp3) is 1.00. The highest BCUT2D eigenvalue weighted by Gasteiger charge is 2.44. The van der Waals surface area contributed by atoms with Gasteiger partial charge < -0.3 is 28.4 Å². The van der Waals surface area contributed by atoms with E-state index in [2.05, 4.69) is 41.5 Å². The number of ether oxygens (including phenoxy) is 6. The van der Waals surface area contributed by atoms with Crippen molar-refractivity contribution in [1.82, 2.24) is 0 Å². The van der Waals surface area contributed by atoms with Gasteiger partial charge >= 0.3 is 0 Å². The lowest BCUT2D eigenvalue weighted by molar-refractivity contribution is -0.254. The van der Waals surface area contributed by atoms with Gasteiger partial charge in [-0.05, 0) is 39.5 Å². The lowest BCUT2D eigenvalue weighted by atomic mass is 9.74. The summed E-state index contributed by atoms with van der Waals surface area (Å²) in [4.78, 5) is 0. The summed E-state index contributed by atoms with van der Waals surface area (Å²) in [6, 6.07) is 0. The number of methoxy groups -OCH3 is 2. The van der Waals surface area contributed by atoms with Crippen LogP contribution < -0.4 is 0 Å². The first-order valence-electron chi connectivity index (χ1n) is 10.6. The zero-order chi connectivity index (χ0) is 21.5. The fourth-order valence-electron chi connectivity index (χ4n) is 3.81. The van der Waals surface area contributed by atoms with Gasteiger partial charge in [-0.1, -0.05) is 27.7 Å². The molecular weight excluding hydrogens is 360 g/mol. The molecule has 0 bridgehead atoms. The molecule has 2 saturated heterocycles. The quantitative estimate of drug-likeness (QED) is 0.664.